The lowest BCUT2D eigenvalue weighted by molar-refractivity contribution is -0.870. The molecule has 0 aliphatic carbocycles. The van der Waals surface area contributed by atoms with E-state index in [0.717, 1.165) is 4.48 Å². The predicted octanol–water partition coefficient (Wildman–Crippen LogP) is 2.44. The van der Waals surface area contributed by atoms with Crippen molar-refractivity contribution in [1.29, 1.82) is 0 Å². The van der Waals surface area contributed by atoms with E-state index in [9.17, 15) is 34.8 Å². The van der Waals surface area contributed by atoms with E-state index in [1.165, 1.54) is 19.4 Å². The predicted molar refractivity (Wildman–Crippen MR) is 62.0 cm³/mol. The second-order valence-electron chi connectivity index (χ2n) is 4.92. The quantitative estimate of drug-likeness (QED) is 0.488. The number of quaternary nitrogens is 1. The highest BCUT2D eigenvalue weighted by molar-refractivity contribution is 7.90. The summed E-state index contributed by atoms with van der Waals surface area (Å²) >= 11 is 0. The standard InChI is InChI=1S/C7H18N.C2HF6NO2S/c1-5-6-7-8(2,3)4;3-1(4,5)9-12(10,11)2(6,7)8/h5-7H2,1-4H3;9H/q+1;. The summed E-state index contributed by atoms with van der Waals surface area (Å²) in [7, 11) is 0.365. The van der Waals surface area contributed by atoms with Gasteiger partial charge in [-0.25, -0.2) is 8.42 Å². The number of nitrogens with zero attached hydrogens (tertiary/aromatic N) is 1. The van der Waals surface area contributed by atoms with E-state index in [1.54, 1.807) is 0 Å². The first-order valence-electron chi connectivity index (χ1n) is 5.49. The Hall–Kier alpha value is -0.550. The van der Waals surface area contributed by atoms with E-state index in [1.807, 2.05) is 0 Å². The molecule has 0 radical (unpaired) electrons. The van der Waals surface area contributed by atoms with Crippen molar-refractivity contribution in [3.63, 3.8) is 0 Å². The van der Waals surface area contributed by atoms with Crippen molar-refractivity contribution < 1.29 is 39.2 Å². The minimum absolute atomic E-state index is 0.517. The molecule has 0 rings (SSSR count). The van der Waals surface area contributed by atoms with Crippen LogP contribution >= 0.6 is 0 Å². The Morgan fingerprint density at radius 2 is 1.40 bits per heavy atom. The zero-order chi connectivity index (χ0) is 16.8. The van der Waals surface area contributed by atoms with Crippen molar-refractivity contribution in [1.82, 2.24) is 4.72 Å². The Morgan fingerprint density at radius 1 is 1.00 bits per heavy atom. The minimum atomic E-state index is -6.33. The molecule has 4 nitrogen and oxygen atoms in total. The molecule has 0 aliphatic heterocycles. The van der Waals surface area contributed by atoms with Crippen LogP contribution in [0.15, 0.2) is 0 Å². The summed E-state index contributed by atoms with van der Waals surface area (Å²) in [6.45, 7) is 3.53. The fourth-order valence-electron chi connectivity index (χ4n) is 0.843. The molecule has 0 spiro atoms. The monoisotopic (exact) mass is 333 g/mol. The number of sulfonamides is 1. The average molecular weight is 333 g/mol. The number of nitrogens with one attached hydrogen (secondary N) is 1. The van der Waals surface area contributed by atoms with Crippen molar-refractivity contribution in [2.75, 3.05) is 27.7 Å². The third-order valence-electron chi connectivity index (χ3n) is 1.74. The molecule has 124 valence electrons. The molecular weight excluding hydrogens is 314 g/mol. The van der Waals surface area contributed by atoms with E-state index < -0.39 is 26.6 Å². The highest BCUT2D eigenvalue weighted by atomic mass is 32.2. The largest absolute Gasteiger partial charge is 0.511 e. The number of halogens is 6. The van der Waals surface area contributed by atoms with Gasteiger partial charge in [0, 0.05) is 0 Å². The van der Waals surface area contributed by atoms with Gasteiger partial charge in [-0.05, 0) is 6.42 Å². The zero-order valence-electron chi connectivity index (χ0n) is 11.6. The summed E-state index contributed by atoms with van der Waals surface area (Å²) < 4.78 is 86.9. The van der Waals surface area contributed by atoms with Crippen LogP contribution in [0.1, 0.15) is 19.8 Å². The van der Waals surface area contributed by atoms with Crippen LogP contribution in [0, 0.1) is 0 Å². The first kappa shape index (κ1) is 21.7. The summed E-state index contributed by atoms with van der Waals surface area (Å²) in [5, 5.41) is 0. The smallest absolute Gasteiger partial charge is 0.331 e. The van der Waals surface area contributed by atoms with Gasteiger partial charge in [-0.15, -0.1) is 4.72 Å². The Kier molecular flexibility index (Phi) is 8.11. The van der Waals surface area contributed by atoms with E-state index in [2.05, 4.69) is 28.1 Å². The number of hydrogen-bond donors (Lipinski definition) is 1. The average Bonchev–Trinajstić information content (AvgIpc) is 2.08. The molecule has 0 bridgehead atoms. The van der Waals surface area contributed by atoms with Crippen molar-refractivity contribution in [2.24, 2.45) is 0 Å². The molecule has 0 saturated carbocycles. The van der Waals surface area contributed by atoms with Gasteiger partial charge < -0.3 is 4.48 Å². The van der Waals surface area contributed by atoms with Crippen molar-refractivity contribution in [3.05, 3.63) is 0 Å². The summed E-state index contributed by atoms with van der Waals surface area (Å²) in [6, 6.07) is 0. The molecular formula is C9H19F6N2O2S+. The molecule has 0 fully saturated rings. The second-order valence-corrected chi connectivity index (χ2v) is 6.59. The first-order valence-corrected chi connectivity index (χ1v) is 6.97. The summed E-state index contributed by atoms with van der Waals surface area (Å²) in [5.41, 5.74) is -5.96. The van der Waals surface area contributed by atoms with Crippen molar-refractivity contribution >= 4 is 10.0 Å². The van der Waals surface area contributed by atoms with Gasteiger partial charge in [-0.1, -0.05) is 13.3 Å². The molecule has 0 aliphatic rings. The second kappa shape index (κ2) is 7.46. The van der Waals surface area contributed by atoms with Crippen molar-refractivity contribution in [3.8, 4) is 0 Å². The maximum Gasteiger partial charge on any atom is 0.511 e. The van der Waals surface area contributed by atoms with Gasteiger partial charge in [0.1, 0.15) is 0 Å². The van der Waals surface area contributed by atoms with Crippen LogP contribution in [0.3, 0.4) is 0 Å². The van der Waals surface area contributed by atoms with E-state index in [-0.39, 0.29) is 0 Å². The summed E-state index contributed by atoms with van der Waals surface area (Å²) in [5.74, 6) is 0. The third-order valence-corrected chi connectivity index (χ3v) is 2.85. The highest BCUT2D eigenvalue weighted by Gasteiger charge is 2.51. The maximum absolute atomic E-state index is 11.2. The summed E-state index contributed by atoms with van der Waals surface area (Å²) in [6.07, 6.45) is -2.95. The fourth-order valence-corrected chi connectivity index (χ4v) is 1.26. The molecule has 11 heteroatoms. The SMILES string of the molecule is CCCC[N+](C)(C)C.O=S(=O)(NC(F)(F)F)C(F)(F)F. The van der Waals surface area contributed by atoms with Gasteiger partial charge in [-0.3, -0.25) is 0 Å². The molecule has 0 heterocycles. The van der Waals surface area contributed by atoms with Crippen LogP contribution < -0.4 is 4.72 Å². The van der Waals surface area contributed by atoms with Crippen LogP contribution in [-0.4, -0.2) is 52.4 Å². The number of hydrogen-bond acceptors (Lipinski definition) is 2. The Morgan fingerprint density at radius 3 is 1.50 bits per heavy atom. The molecule has 0 atom stereocenters. The number of unbranched alkanes of at least 4 members (excludes halogenated alkanes) is 1. The van der Waals surface area contributed by atoms with Crippen LogP contribution in [0.2, 0.25) is 0 Å². The normalized spacial score (nSPS) is 13.7. The molecule has 0 amide bonds. The minimum Gasteiger partial charge on any atom is -0.331 e. The van der Waals surface area contributed by atoms with Gasteiger partial charge in [0.05, 0.1) is 27.7 Å². The Bertz CT molecular complexity index is 369. The van der Waals surface area contributed by atoms with Crippen LogP contribution in [0.25, 0.3) is 0 Å². The maximum atomic E-state index is 11.2. The van der Waals surface area contributed by atoms with Crippen LogP contribution in [0.4, 0.5) is 26.3 Å². The zero-order valence-corrected chi connectivity index (χ0v) is 12.4. The lowest BCUT2D eigenvalue weighted by atomic mass is 10.3. The number of rotatable bonds is 4. The van der Waals surface area contributed by atoms with Gasteiger partial charge in [-0.2, -0.15) is 26.3 Å². The molecule has 0 aromatic heterocycles. The van der Waals surface area contributed by atoms with Crippen LogP contribution in [0.5, 0.6) is 0 Å². The molecule has 0 aromatic carbocycles. The Labute approximate surface area is 114 Å². The van der Waals surface area contributed by atoms with E-state index >= 15 is 0 Å². The molecule has 1 N–H and O–H groups in total. The van der Waals surface area contributed by atoms with Gasteiger partial charge in [0.25, 0.3) is 0 Å². The highest BCUT2D eigenvalue weighted by Crippen LogP contribution is 2.25. The van der Waals surface area contributed by atoms with E-state index in [0.29, 0.717) is 0 Å². The van der Waals surface area contributed by atoms with Crippen LogP contribution in [-0.2, 0) is 10.0 Å². The topological polar surface area (TPSA) is 46.2 Å². The lowest BCUT2D eigenvalue weighted by Gasteiger charge is -2.23. The van der Waals surface area contributed by atoms with Crippen molar-refractivity contribution in [2.45, 2.75) is 31.6 Å². The number of alkyl halides is 6. The molecule has 20 heavy (non-hydrogen) atoms. The van der Waals surface area contributed by atoms with Gasteiger partial charge in [0.2, 0.25) is 0 Å². The lowest BCUT2D eigenvalue weighted by Crippen LogP contribution is -2.44. The summed E-state index contributed by atoms with van der Waals surface area (Å²) in [4.78, 5) is 0. The molecule has 0 unspecified atom stereocenters. The molecule has 0 aromatic rings. The first-order chi connectivity index (χ1) is 8.52. The fraction of sp³-hybridized carbons (Fsp3) is 1.00. The van der Waals surface area contributed by atoms with Gasteiger partial charge >= 0.3 is 21.8 Å². The third kappa shape index (κ3) is 12.5. The van der Waals surface area contributed by atoms with Gasteiger partial charge in [0.15, 0.2) is 0 Å². The molecule has 0 saturated heterocycles. The van der Waals surface area contributed by atoms with E-state index in [4.69, 9.17) is 0 Å². The Balaban J connectivity index is 0.